The third-order valence-corrected chi connectivity index (χ3v) is 9.39. The quantitative estimate of drug-likeness (QED) is 0.833. The van der Waals surface area contributed by atoms with Gasteiger partial charge in [0, 0.05) is 24.4 Å². The van der Waals surface area contributed by atoms with Gasteiger partial charge in [-0.25, -0.2) is 0 Å². The lowest BCUT2D eigenvalue weighted by molar-refractivity contribution is -0.135. The number of hydrogen-bond donors (Lipinski definition) is 1. The smallest absolute Gasteiger partial charge is 0.125 e. The van der Waals surface area contributed by atoms with Crippen molar-refractivity contribution >= 4 is 0 Å². The molecule has 108 valence electrons. The first kappa shape index (κ1) is 10.6. The molecule has 2 nitrogen and oxygen atoms in total. The predicted molar refractivity (Wildman–Crippen MR) is 74.6 cm³/mol. The number of aliphatic hydroxyl groups is 1. The molecule has 10 atom stereocenters. The summed E-state index contributed by atoms with van der Waals surface area (Å²) in [6.07, 6.45) is 8.71. The van der Waals surface area contributed by atoms with Gasteiger partial charge in [-0.1, -0.05) is 19.3 Å². The summed E-state index contributed by atoms with van der Waals surface area (Å²) >= 11 is 0. The molecule has 20 heavy (non-hydrogen) atoms. The molecule has 6 aliphatic carbocycles. The zero-order valence-electron chi connectivity index (χ0n) is 12.1. The second-order valence-corrected chi connectivity index (χ2v) is 9.35. The summed E-state index contributed by atoms with van der Waals surface area (Å²) in [5.41, 5.74) is -0.311. The molecule has 0 unspecified atom stereocenters. The van der Waals surface area contributed by atoms with Crippen LogP contribution in [-0.2, 0) is 0 Å². The van der Waals surface area contributed by atoms with Crippen molar-refractivity contribution in [1.29, 1.82) is 0 Å². The molecule has 0 radical (unpaired) electrons. The summed E-state index contributed by atoms with van der Waals surface area (Å²) in [6.45, 7) is 1.25. The Morgan fingerprint density at radius 3 is 2.60 bits per heavy atom. The largest absolute Gasteiger partial charge is 0.375 e. The first-order valence-electron chi connectivity index (χ1n) is 9.31. The Morgan fingerprint density at radius 2 is 1.75 bits per heavy atom. The summed E-state index contributed by atoms with van der Waals surface area (Å²) in [6, 6.07) is 0.829. The average molecular weight is 271 g/mol. The van der Waals surface area contributed by atoms with Crippen molar-refractivity contribution in [3.63, 3.8) is 0 Å². The maximum atomic E-state index is 11.7. The Hall–Kier alpha value is -0.0800. The third-order valence-electron chi connectivity index (χ3n) is 9.39. The van der Waals surface area contributed by atoms with Crippen molar-refractivity contribution in [3.8, 4) is 0 Å². The van der Waals surface area contributed by atoms with E-state index >= 15 is 0 Å². The van der Waals surface area contributed by atoms with Crippen LogP contribution in [0, 0.1) is 53.3 Å². The predicted octanol–water partition coefficient (Wildman–Crippen LogP) is 2.33. The summed E-state index contributed by atoms with van der Waals surface area (Å²) < 4.78 is 0. The molecule has 2 heterocycles. The maximum absolute atomic E-state index is 11.7. The zero-order chi connectivity index (χ0) is 12.8. The normalized spacial score (nSPS) is 71.5. The Morgan fingerprint density at radius 1 is 0.900 bits per heavy atom. The molecule has 0 aromatic heterocycles. The van der Waals surface area contributed by atoms with E-state index in [1.165, 1.54) is 45.1 Å². The van der Waals surface area contributed by atoms with Crippen LogP contribution in [-0.4, -0.2) is 28.3 Å². The van der Waals surface area contributed by atoms with Crippen molar-refractivity contribution in [2.45, 2.75) is 50.3 Å². The molecule has 8 fully saturated rings. The lowest BCUT2D eigenvalue weighted by Gasteiger charge is -2.45. The highest BCUT2D eigenvalue weighted by Crippen LogP contribution is 2.90. The van der Waals surface area contributed by atoms with E-state index in [9.17, 15) is 5.11 Å². The first-order chi connectivity index (χ1) is 9.82. The van der Waals surface area contributed by atoms with E-state index in [-0.39, 0.29) is 5.72 Å². The molecular weight excluding hydrogens is 246 g/mol. The van der Waals surface area contributed by atoms with Gasteiger partial charge in [-0.05, 0) is 60.7 Å². The van der Waals surface area contributed by atoms with Crippen LogP contribution in [0.5, 0.6) is 0 Å². The molecule has 0 amide bonds. The summed E-state index contributed by atoms with van der Waals surface area (Å²) in [4.78, 5) is 2.71. The fraction of sp³-hybridized carbons (Fsp3) is 1.00. The minimum absolute atomic E-state index is 0.311. The Labute approximate surface area is 120 Å². The molecule has 0 aromatic carbocycles. The maximum Gasteiger partial charge on any atom is 0.125 e. The van der Waals surface area contributed by atoms with Gasteiger partial charge in [-0.15, -0.1) is 0 Å². The van der Waals surface area contributed by atoms with Crippen molar-refractivity contribution in [2.24, 2.45) is 53.3 Å². The monoisotopic (exact) mass is 271 g/mol. The minimum Gasteiger partial charge on any atom is -0.375 e. The molecule has 0 spiro atoms. The van der Waals surface area contributed by atoms with E-state index in [4.69, 9.17) is 0 Å². The van der Waals surface area contributed by atoms with Crippen LogP contribution in [0.2, 0.25) is 0 Å². The SMILES string of the molecule is O[C@]12[C@@H]3[C@@H]4[C@H]5C[C@H]6[C@@H]4[C@H]3[C@H]([C@H]6[C@@H]51)N2CC1CCCCC1. The molecule has 8 rings (SSSR count). The molecule has 2 aliphatic heterocycles. The van der Waals surface area contributed by atoms with E-state index in [1.54, 1.807) is 0 Å². The second kappa shape index (κ2) is 2.88. The number of hydrogen-bond acceptors (Lipinski definition) is 2. The Kier molecular flexibility index (Phi) is 1.53. The van der Waals surface area contributed by atoms with Crippen LogP contribution in [0.3, 0.4) is 0 Å². The highest BCUT2D eigenvalue weighted by atomic mass is 16.3. The number of nitrogens with zero attached hydrogens (tertiary/aromatic N) is 1. The van der Waals surface area contributed by atoms with E-state index < -0.39 is 0 Å². The van der Waals surface area contributed by atoms with Crippen LogP contribution in [0.15, 0.2) is 0 Å². The summed E-state index contributed by atoms with van der Waals surface area (Å²) in [5.74, 6) is 8.24. The lowest BCUT2D eigenvalue weighted by Crippen LogP contribution is -2.51. The van der Waals surface area contributed by atoms with E-state index in [1.807, 2.05) is 0 Å². The van der Waals surface area contributed by atoms with E-state index in [0.717, 1.165) is 53.4 Å². The van der Waals surface area contributed by atoms with Gasteiger partial charge in [0.15, 0.2) is 0 Å². The summed E-state index contributed by atoms with van der Waals surface area (Å²) in [5, 5.41) is 11.7. The molecule has 8 aliphatic rings. The Balaban J connectivity index is 1.30. The highest BCUT2D eigenvalue weighted by molar-refractivity contribution is 5.40. The van der Waals surface area contributed by atoms with Crippen molar-refractivity contribution in [1.82, 2.24) is 4.90 Å². The molecule has 6 saturated carbocycles. The van der Waals surface area contributed by atoms with E-state index in [2.05, 4.69) is 4.90 Å². The highest BCUT2D eigenvalue weighted by Gasteiger charge is 2.93. The molecule has 1 N–H and O–H groups in total. The van der Waals surface area contributed by atoms with Gasteiger partial charge in [0.05, 0.1) is 0 Å². The van der Waals surface area contributed by atoms with Gasteiger partial charge in [0.1, 0.15) is 5.72 Å². The second-order valence-electron chi connectivity index (χ2n) is 9.35. The zero-order valence-corrected chi connectivity index (χ0v) is 12.1. The van der Waals surface area contributed by atoms with Gasteiger partial charge >= 0.3 is 0 Å². The third kappa shape index (κ3) is 0.764. The fourth-order valence-electron chi connectivity index (χ4n) is 9.45. The summed E-state index contributed by atoms with van der Waals surface area (Å²) in [7, 11) is 0. The van der Waals surface area contributed by atoms with Gasteiger partial charge in [-0.3, -0.25) is 4.90 Å². The van der Waals surface area contributed by atoms with Gasteiger partial charge in [-0.2, -0.15) is 0 Å². The van der Waals surface area contributed by atoms with E-state index in [0.29, 0.717) is 5.92 Å². The standard InChI is InChI=1S/C18H25NO/c20-18-15-10-6-9-11-12(10)16(18)14(11)17(13(9)15)19(18)7-8-4-2-1-3-5-8/h8-17,20H,1-7H2/t9-,10+,11-,12+,13+,14+,15+,16+,17-,18-/m0/s1. The lowest BCUT2D eigenvalue weighted by atomic mass is 9.59. The molecular formula is C18H25NO. The minimum atomic E-state index is -0.311. The molecule has 2 saturated heterocycles. The Bertz CT molecular complexity index is 514. The van der Waals surface area contributed by atoms with Crippen molar-refractivity contribution in [2.75, 3.05) is 6.54 Å². The van der Waals surface area contributed by atoms with Crippen molar-refractivity contribution < 1.29 is 5.11 Å². The van der Waals surface area contributed by atoms with Crippen LogP contribution >= 0.6 is 0 Å². The van der Waals surface area contributed by atoms with Crippen molar-refractivity contribution in [3.05, 3.63) is 0 Å². The van der Waals surface area contributed by atoms with Crippen LogP contribution < -0.4 is 0 Å². The molecule has 0 aromatic rings. The van der Waals surface area contributed by atoms with Gasteiger partial charge in [0.25, 0.3) is 0 Å². The number of rotatable bonds is 2. The van der Waals surface area contributed by atoms with Gasteiger partial charge < -0.3 is 5.11 Å². The topological polar surface area (TPSA) is 23.5 Å². The molecule has 4 bridgehead atoms. The molecule has 2 heteroatoms. The van der Waals surface area contributed by atoms with Crippen LogP contribution in [0.4, 0.5) is 0 Å². The first-order valence-corrected chi connectivity index (χ1v) is 9.31. The fourth-order valence-corrected chi connectivity index (χ4v) is 9.45. The van der Waals surface area contributed by atoms with Gasteiger partial charge in [0.2, 0.25) is 0 Å². The van der Waals surface area contributed by atoms with Crippen LogP contribution in [0.25, 0.3) is 0 Å². The average Bonchev–Trinajstić information content (AvgIpc) is 3.06. The van der Waals surface area contributed by atoms with Crippen LogP contribution in [0.1, 0.15) is 38.5 Å².